The van der Waals surface area contributed by atoms with E-state index in [0.717, 1.165) is 34.5 Å². The van der Waals surface area contributed by atoms with E-state index in [4.69, 9.17) is 4.98 Å². The highest BCUT2D eigenvalue weighted by atomic mass is 15.1. The maximum atomic E-state index is 5.61. The highest BCUT2D eigenvalue weighted by Crippen LogP contribution is 2.52. The van der Waals surface area contributed by atoms with Crippen LogP contribution >= 0.6 is 0 Å². The Morgan fingerprint density at radius 3 is 1.92 bits per heavy atom. The van der Waals surface area contributed by atoms with Gasteiger partial charge in [0, 0.05) is 43.6 Å². The van der Waals surface area contributed by atoms with E-state index in [1.165, 1.54) is 77.1 Å². The molecule has 0 aliphatic heterocycles. The topological polar surface area (TPSA) is 22.8 Å². The predicted octanol–water partition coefficient (Wildman–Crippen LogP) is 14.7. The summed E-state index contributed by atoms with van der Waals surface area (Å²) < 4.78 is 4.88. The van der Waals surface area contributed by atoms with Gasteiger partial charge in [-0.2, -0.15) is 0 Å². The minimum atomic E-state index is -0.168. The van der Waals surface area contributed by atoms with Crippen LogP contribution in [0.15, 0.2) is 194 Å². The van der Waals surface area contributed by atoms with Gasteiger partial charge in [-0.05, 0) is 99.5 Å². The van der Waals surface area contributed by atoms with E-state index in [1.54, 1.807) is 0 Å². The summed E-state index contributed by atoms with van der Waals surface area (Å²) in [6.45, 7) is 4.71. The Balaban J connectivity index is 1.05. The zero-order valence-electron chi connectivity index (χ0n) is 33.1. The Labute approximate surface area is 343 Å². The molecule has 2 aliphatic carbocycles. The first kappa shape index (κ1) is 33.9. The zero-order valence-corrected chi connectivity index (χ0v) is 33.1. The van der Waals surface area contributed by atoms with Crippen LogP contribution in [0.1, 0.15) is 37.4 Å². The Kier molecular flexibility index (Phi) is 7.40. The highest BCUT2D eigenvalue weighted by molar-refractivity contribution is 6.12. The normalized spacial score (nSPS) is 15.4. The lowest BCUT2D eigenvalue weighted by Crippen LogP contribution is -2.16. The van der Waals surface area contributed by atoms with E-state index >= 15 is 0 Å². The monoisotopic (exact) mass is 755 g/mol. The molecule has 7 aromatic carbocycles. The van der Waals surface area contributed by atoms with Crippen molar-refractivity contribution < 1.29 is 0 Å². The van der Waals surface area contributed by atoms with E-state index < -0.39 is 0 Å². The molecular formula is C56H41N3. The molecule has 0 saturated carbocycles. The fourth-order valence-electron chi connectivity index (χ4n) is 10.3. The van der Waals surface area contributed by atoms with Crippen molar-refractivity contribution in [2.24, 2.45) is 0 Å². The van der Waals surface area contributed by atoms with Gasteiger partial charge < -0.3 is 4.57 Å². The SMILES string of the molecule is CC1(C)c2ccccc2-c2cccc(-c3cc(-c4ccccc4)cc(-n4c5ccccc5c5cc(-c6ccc7c(c6)c6ccccc6n7C6C=CC=CC6)ccc54)n3)c21. The number of hydrogen-bond acceptors (Lipinski definition) is 1. The van der Waals surface area contributed by atoms with Gasteiger partial charge >= 0.3 is 0 Å². The number of nitrogens with zero attached hydrogens (tertiary/aromatic N) is 3. The van der Waals surface area contributed by atoms with Crippen LogP contribution in [0.3, 0.4) is 0 Å². The minimum absolute atomic E-state index is 0.168. The average molecular weight is 756 g/mol. The minimum Gasteiger partial charge on any atom is -0.333 e. The highest BCUT2D eigenvalue weighted by Gasteiger charge is 2.37. The molecule has 1 atom stereocenters. The van der Waals surface area contributed by atoms with Gasteiger partial charge in [0.2, 0.25) is 0 Å². The molecule has 0 radical (unpaired) electrons. The standard InChI is InChI=1S/C56H41N3/c1-56(2)48-25-12-9-20-41(48)44-23-15-24-45(55(44)56)49-34-39(36-16-5-3-6-17-36)35-54(57-49)59-51-27-14-11-22-43(51)47-33-38(29-31-53(47)59)37-28-30-52-46(32-37)42-21-10-13-26-50(42)58(52)40-18-7-4-8-19-40/h3-18,20-35,40H,19H2,1-2H3. The second kappa shape index (κ2) is 12.9. The molecule has 3 heteroatoms. The number of para-hydroxylation sites is 2. The lowest BCUT2D eigenvalue weighted by atomic mass is 9.79. The van der Waals surface area contributed by atoms with Gasteiger partial charge in [-0.3, -0.25) is 4.57 Å². The maximum absolute atomic E-state index is 5.61. The molecule has 12 rings (SSSR count). The molecule has 280 valence electrons. The molecule has 2 aliphatic rings. The summed E-state index contributed by atoms with van der Waals surface area (Å²) in [4.78, 5) is 5.61. The molecule has 0 N–H and O–H groups in total. The third kappa shape index (κ3) is 5.11. The summed E-state index contributed by atoms with van der Waals surface area (Å²) in [5, 5.41) is 5.01. The molecule has 10 aromatic rings. The van der Waals surface area contributed by atoms with Crippen LogP contribution in [-0.4, -0.2) is 14.1 Å². The van der Waals surface area contributed by atoms with Crippen molar-refractivity contribution in [1.82, 2.24) is 14.1 Å². The van der Waals surface area contributed by atoms with E-state index in [0.29, 0.717) is 6.04 Å². The number of benzene rings is 7. The molecule has 3 heterocycles. The predicted molar refractivity (Wildman–Crippen MR) is 247 cm³/mol. The number of fused-ring (bicyclic) bond motifs is 9. The summed E-state index contributed by atoms with van der Waals surface area (Å²) in [6, 6.07) is 62.8. The summed E-state index contributed by atoms with van der Waals surface area (Å²) in [7, 11) is 0. The Morgan fingerprint density at radius 2 is 1.12 bits per heavy atom. The second-order valence-corrected chi connectivity index (χ2v) is 16.7. The van der Waals surface area contributed by atoms with Crippen molar-refractivity contribution in [3.8, 4) is 50.5 Å². The fraction of sp³-hybridized carbons (Fsp3) is 0.0893. The summed E-state index contributed by atoms with van der Waals surface area (Å²) in [5.41, 5.74) is 16.9. The first-order valence-corrected chi connectivity index (χ1v) is 20.7. The number of rotatable bonds is 5. The van der Waals surface area contributed by atoms with Crippen molar-refractivity contribution >= 4 is 43.6 Å². The lowest BCUT2D eigenvalue weighted by molar-refractivity contribution is 0.648. The Hall–Kier alpha value is -7.23. The molecule has 59 heavy (non-hydrogen) atoms. The molecular weight excluding hydrogens is 715 g/mol. The Morgan fingerprint density at radius 1 is 0.492 bits per heavy atom. The molecule has 0 amide bonds. The second-order valence-electron chi connectivity index (χ2n) is 16.7. The van der Waals surface area contributed by atoms with Gasteiger partial charge in [0.1, 0.15) is 5.82 Å². The van der Waals surface area contributed by atoms with E-state index in [-0.39, 0.29) is 5.41 Å². The smallest absolute Gasteiger partial charge is 0.138 e. The number of pyridine rings is 1. The fourth-order valence-corrected chi connectivity index (χ4v) is 10.3. The van der Waals surface area contributed by atoms with Crippen molar-refractivity contribution in [3.05, 3.63) is 205 Å². The molecule has 1 unspecified atom stereocenters. The molecule has 3 aromatic heterocycles. The zero-order chi connectivity index (χ0) is 39.2. The van der Waals surface area contributed by atoms with Crippen LogP contribution < -0.4 is 0 Å². The van der Waals surface area contributed by atoms with E-state index in [2.05, 4.69) is 217 Å². The first-order chi connectivity index (χ1) is 29.0. The van der Waals surface area contributed by atoms with Gasteiger partial charge in [0.25, 0.3) is 0 Å². The van der Waals surface area contributed by atoms with Crippen LogP contribution in [0, 0.1) is 0 Å². The maximum Gasteiger partial charge on any atom is 0.138 e. The van der Waals surface area contributed by atoms with Gasteiger partial charge in [0.05, 0.1) is 22.8 Å². The third-order valence-corrected chi connectivity index (χ3v) is 13.0. The quantitative estimate of drug-likeness (QED) is 0.172. The van der Waals surface area contributed by atoms with Crippen molar-refractivity contribution in [3.63, 3.8) is 0 Å². The van der Waals surface area contributed by atoms with Crippen LogP contribution in [0.5, 0.6) is 0 Å². The first-order valence-electron chi connectivity index (χ1n) is 20.7. The number of hydrogen-bond donors (Lipinski definition) is 0. The molecule has 0 spiro atoms. The molecule has 0 bridgehead atoms. The van der Waals surface area contributed by atoms with E-state index in [9.17, 15) is 0 Å². The Bertz CT molecular complexity index is 3390. The van der Waals surface area contributed by atoms with Crippen LogP contribution in [0.4, 0.5) is 0 Å². The third-order valence-electron chi connectivity index (χ3n) is 13.0. The van der Waals surface area contributed by atoms with Crippen molar-refractivity contribution in [2.75, 3.05) is 0 Å². The van der Waals surface area contributed by atoms with Crippen molar-refractivity contribution in [2.45, 2.75) is 31.7 Å². The van der Waals surface area contributed by atoms with E-state index in [1.807, 2.05) is 0 Å². The molecule has 0 saturated heterocycles. The average Bonchev–Trinajstić information content (AvgIpc) is 3.89. The summed E-state index contributed by atoms with van der Waals surface area (Å²) in [5.74, 6) is 0.909. The largest absolute Gasteiger partial charge is 0.333 e. The van der Waals surface area contributed by atoms with Gasteiger partial charge in [0.15, 0.2) is 0 Å². The van der Waals surface area contributed by atoms with Crippen LogP contribution in [-0.2, 0) is 5.41 Å². The van der Waals surface area contributed by atoms with Crippen LogP contribution in [0.2, 0.25) is 0 Å². The van der Waals surface area contributed by atoms with Gasteiger partial charge in [-0.15, -0.1) is 0 Å². The van der Waals surface area contributed by atoms with Crippen LogP contribution in [0.25, 0.3) is 94.1 Å². The van der Waals surface area contributed by atoms with Gasteiger partial charge in [-0.25, -0.2) is 4.98 Å². The molecule has 3 nitrogen and oxygen atoms in total. The summed E-state index contributed by atoms with van der Waals surface area (Å²) in [6.07, 6.45) is 9.92. The van der Waals surface area contributed by atoms with Gasteiger partial charge in [-0.1, -0.05) is 159 Å². The number of aromatic nitrogens is 3. The number of allylic oxidation sites excluding steroid dienone is 4. The van der Waals surface area contributed by atoms with Crippen molar-refractivity contribution in [1.29, 1.82) is 0 Å². The molecule has 0 fully saturated rings. The lowest BCUT2D eigenvalue weighted by Gasteiger charge is -2.24. The summed E-state index contributed by atoms with van der Waals surface area (Å²) >= 11 is 0.